The predicted octanol–water partition coefficient (Wildman–Crippen LogP) is 5.73. The van der Waals surface area contributed by atoms with Crippen LogP contribution in [0.15, 0.2) is 24.3 Å². The second-order valence-electron chi connectivity index (χ2n) is 7.82. The van der Waals surface area contributed by atoms with Gasteiger partial charge in [0.25, 0.3) is 0 Å². The molecule has 1 aliphatic heterocycles. The van der Waals surface area contributed by atoms with E-state index in [2.05, 4.69) is 35.3 Å². The number of thiocarbonyl (C=S) groups is 1. The van der Waals surface area contributed by atoms with Crippen molar-refractivity contribution in [2.45, 2.75) is 64.8 Å². The van der Waals surface area contributed by atoms with Crippen molar-refractivity contribution in [2.24, 2.45) is 0 Å². The number of rotatable bonds is 3. The molecule has 1 aromatic heterocycles. The summed E-state index contributed by atoms with van der Waals surface area (Å²) in [6.07, 6.45) is 7.73. The fourth-order valence-electron chi connectivity index (χ4n) is 4.46. The van der Waals surface area contributed by atoms with Gasteiger partial charge in [0, 0.05) is 16.6 Å². The van der Waals surface area contributed by atoms with Crippen molar-refractivity contribution in [3.8, 4) is 0 Å². The lowest BCUT2D eigenvalue weighted by atomic mass is 9.96. The van der Waals surface area contributed by atoms with Gasteiger partial charge in [0.15, 0.2) is 5.11 Å². The van der Waals surface area contributed by atoms with Gasteiger partial charge in [-0.2, -0.15) is 0 Å². The molecule has 6 heteroatoms. The SMILES string of the molecule is CCOC(=O)c1c(NC(=S)N2c3ccccc3C[C@@H]2C)sc2c1CCCCCC2. The maximum absolute atomic E-state index is 12.8. The molecule has 154 valence electrons. The minimum atomic E-state index is -0.231. The number of anilines is 2. The molecule has 1 N–H and O–H groups in total. The summed E-state index contributed by atoms with van der Waals surface area (Å²) in [7, 11) is 0. The number of ether oxygens (including phenoxy) is 1. The van der Waals surface area contributed by atoms with Crippen molar-refractivity contribution in [3.63, 3.8) is 0 Å². The lowest BCUT2D eigenvalue weighted by Gasteiger charge is -2.26. The van der Waals surface area contributed by atoms with Crippen LogP contribution in [0.3, 0.4) is 0 Å². The van der Waals surface area contributed by atoms with Gasteiger partial charge in [-0.05, 0) is 75.4 Å². The molecule has 0 bridgehead atoms. The zero-order valence-corrected chi connectivity index (χ0v) is 18.8. The molecule has 4 rings (SSSR count). The van der Waals surface area contributed by atoms with E-state index in [-0.39, 0.29) is 5.97 Å². The highest BCUT2D eigenvalue weighted by molar-refractivity contribution is 7.80. The molecule has 0 saturated heterocycles. The Morgan fingerprint density at radius 1 is 1.24 bits per heavy atom. The quantitative estimate of drug-likeness (QED) is 0.499. The van der Waals surface area contributed by atoms with E-state index >= 15 is 0 Å². The van der Waals surface area contributed by atoms with Crippen LogP contribution in [0.4, 0.5) is 10.7 Å². The lowest BCUT2D eigenvalue weighted by Crippen LogP contribution is -2.39. The van der Waals surface area contributed by atoms with Gasteiger partial charge >= 0.3 is 5.97 Å². The first-order valence-corrected chi connectivity index (χ1v) is 11.8. The van der Waals surface area contributed by atoms with Gasteiger partial charge in [-0.3, -0.25) is 0 Å². The van der Waals surface area contributed by atoms with E-state index in [0.717, 1.165) is 36.4 Å². The molecule has 1 atom stereocenters. The van der Waals surface area contributed by atoms with E-state index in [1.54, 1.807) is 11.3 Å². The van der Waals surface area contributed by atoms with Crippen molar-refractivity contribution < 1.29 is 9.53 Å². The third-order valence-corrected chi connectivity index (χ3v) is 7.30. The molecule has 0 spiro atoms. The van der Waals surface area contributed by atoms with Crippen LogP contribution < -0.4 is 10.2 Å². The van der Waals surface area contributed by atoms with Crippen LogP contribution in [0.25, 0.3) is 0 Å². The Hall–Kier alpha value is -1.92. The van der Waals surface area contributed by atoms with Gasteiger partial charge in [0.1, 0.15) is 5.00 Å². The normalized spacial score (nSPS) is 18.4. The Labute approximate surface area is 182 Å². The number of carbonyl (C=O) groups excluding carboxylic acids is 1. The summed E-state index contributed by atoms with van der Waals surface area (Å²) in [5.41, 5.74) is 4.35. The number of esters is 1. The molecule has 0 radical (unpaired) electrons. The first-order valence-electron chi connectivity index (χ1n) is 10.6. The molecule has 0 amide bonds. The van der Waals surface area contributed by atoms with Crippen molar-refractivity contribution >= 4 is 45.3 Å². The minimum absolute atomic E-state index is 0.231. The van der Waals surface area contributed by atoms with Crippen LogP contribution in [0.2, 0.25) is 0 Å². The number of para-hydroxylation sites is 1. The number of hydrogen-bond donors (Lipinski definition) is 1. The topological polar surface area (TPSA) is 41.6 Å². The third-order valence-electron chi connectivity index (χ3n) is 5.80. The van der Waals surface area contributed by atoms with Crippen molar-refractivity contribution in [2.75, 3.05) is 16.8 Å². The van der Waals surface area contributed by atoms with Gasteiger partial charge < -0.3 is 15.0 Å². The van der Waals surface area contributed by atoms with Crippen LogP contribution in [-0.4, -0.2) is 23.7 Å². The Bertz CT molecular complexity index is 922. The Kier molecular flexibility index (Phi) is 6.20. The number of aryl methyl sites for hydroxylation is 1. The average molecular weight is 429 g/mol. The summed E-state index contributed by atoms with van der Waals surface area (Å²) in [6, 6.07) is 8.69. The van der Waals surface area contributed by atoms with E-state index in [0.29, 0.717) is 23.3 Å². The fourth-order valence-corrected chi connectivity index (χ4v) is 6.18. The monoisotopic (exact) mass is 428 g/mol. The molecule has 0 saturated carbocycles. The summed E-state index contributed by atoms with van der Waals surface area (Å²) >= 11 is 7.51. The molecule has 1 aliphatic carbocycles. The van der Waals surface area contributed by atoms with Crippen LogP contribution in [0, 0.1) is 0 Å². The molecule has 0 fully saturated rings. The molecule has 0 unspecified atom stereocenters. The Balaban J connectivity index is 1.66. The number of thiophene rings is 1. The maximum Gasteiger partial charge on any atom is 0.341 e. The standard InChI is InChI=1S/C23H28N2O2S2/c1-3-27-22(26)20-17-11-6-4-5-7-13-19(17)29-21(20)24-23(28)25-15(2)14-16-10-8-9-12-18(16)25/h8-10,12,15H,3-7,11,13-14H2,1-2H3,(H,24,28)/t15-/m0/s1. The summed E-state index contributed by atoms with van der Waals surface area (Å²) in [5, 5.41) is 4.94. The van der Waals surface area contributed by atoms with Gasteiger partial charge in [0.05, 0.1) is 12.2 Å². The Morgan fingerprint density at radius 2 is 2.00 bits per heavy atom. The highest BCUT2D eigenvalue weighted by Crippen LogP contribution is 2.39. The fraction of sp³-hybridized carbons (Fsp3) is 0.478. The molecule has 4 nitrogen and oxygen atoms in total. The molecule has 2 heterocycles. The molecule has 2 aromatic rings. The van der Waals surface area contributed by atoms with E-state index in [9.17, 15) is 4.79 Å². The zero-order valence-electron chi connectivity index (χ0n) is 17.1. The molecule has 29 heavy (non-hydrogen) atoms. The van der Waals surface area contributed by atoms with Crippen molar-refractivity contribution in [3.05, 3.63) is 45.8 Å². The summed E-state index contributed by atoms with van der Waals surface area (Å²) in [4.78, 5) is 16.3. The number of nitrogens with zero attached hydrogens (tertiary/aromatic N) is 1. The van der Waals surface area contributed by atoms with Crippen molar-refractivity contribution in [1.82, 2.24) is 0 Å². The van der Waals surface area contributed by atoms with E-state index in [1.807, 2.05) is 13.0 Å². The largest absolute Gasteiger partial charge is 0.462 e. The van der Waals surface area contributed by atoms with E-state index in [4.69, 9.17) is 17.0 Å². The van der Waals surface area contributed by atoms with Gasteiger partial charge in [-0.25, -0.2) is 4.79 Å². The van der Waals surface area contributed by atoms with Crippen molar-refractivity contribution in [1.29, 1.82) is 0 Å². The maximum atomic E-state index is 12.8. The molecular formula is C23H28N2O2S2. The summed E-state index contributed by atoms with van der Waals surface area (Å²) < 4.78 is 5.42. The summed E-state index contributed by atoms with van der Waals surface area (Å²) in [6.45, 7) is 4.42. The number of benzene rings is 1. The van der Waals surface area contributed by atoms with Gasteiger partial charge in [-0.1, -0.05) is 31.0 Å². The third kappa shape index (κ3) is 4.05. The highest BCUT2D eigenvalue weighted by atomic mass is 32.1. The van der Waals surface area contributed by atoms with Gasteiger partial charge in [-0.15, -0.1) is 11.3 Å². The number of hydrogen-bond acceptors (Lipinski definition) is 4. The first kappa shape index (κ1) is 20.4. The Morgan fingerprint density at radius 3 is 2.79 bits per heavy atom. The minimum Gasteiger partial charge on any atom is -0.462 e. The van der Waals surface area contributed by atoms with Crippen LogP contribution in [0.5, 0.6) is 0 Å². The second-order valence-corrected chi connectivity index (χ2v) is 9.32. The highest BCUT2D eigenvalue weighted by Gasteiger charge is 2.31. The second kappa shape index (κ2) is 8.84. The number of carbonyl (C=O) groups is 1. The van der Waals surface area contributed by atoms with E-state index < -0.39 is 0 Å². The van der Waals surface area contributed by atoms with Gasteiger partial charge in [0.2, 0.25) is 0 Å². The predicted molar refractivity (Wildman–Crippen MR) is 124 cm³/mol. The lowest BCUT2D eigenvalue weighted by molar-refractivity contribution is 0.0526. The first-order chi connectivity index (χ1) is 14.1. The number of nitrogens with one attached hydrogen (secondary N) is 1. The average Bonchev–Trinajstić information content (AvgIpc) is 3.18. The zero-order chi connectivity index (χ0) is 20.4. The summed E-state index contributed by atoms with van der Waals surface area (Å²) in [5.74, 6) is -0.231. The van der Waals surface area contributed by atoms with Crippen LogP contribution >= 0.6 is 23.6 Å². The number of fused-ring (bicyclic) bond motifs is 2. The smallest absolute Gasteiger partial charge is 0.341 e. The molecule has 2 aliphatic rings. The molecular weight excluding hydrogens is 400 g/mol. The van der Waals surface area contributed by atoms with Crippen LogP contribution in [-0.2, 0) is 24.0 Å². The molecule has 1 aromatic carbocycles. The van der Waals surface area contributed by atoms with Crippen LogP contribution in [0.1, 0.15) is 65.9 Å². The van der Waals surface area contributed by atoms with E-state index in [1.165, 1.54) is 35.3 Å².